The van der Waals surface area contributed by atoms with Gasteiger partial charge in [0.2, 0.25) is 72.8 Å². The highest BCUT2D eigenvalue weighted by Crippen LogP contribution is 2.67. The number of alkyl halides is 3. The molecule has 1 aromatic heterocycles. The number of nitrogens with zero attached hydrogens (tertiary/aromatic N) is 7. The second-order valence-electron chi connectivity index (χ2n) is 50.0. The maximum absolute atomic E-state index is 14.5. The molecule has 12 rings (SSSR count). The normalized spacial score (nSPS) is 24.9. The first-order valence-corrected chi connectivity index (χ1v) is 56.4. The first kappa shape index (κ1) is 121. The summed E-state index contributed by atoms with van der Waals surface area (Å²) in [5.74, 6) is -9.78. The summed E-state index contributed by atoms with van der Waals surface area (Å²) >= 11 is 1.38. The van der Waals surface area contributed by atoms with Crippen molar-refractivity contribution >= 4 is 130 Å². The smallest absolute Gasteiger partial charge is 0.363 e. The summed E-state index contributed by atoms with van der Waals surface area (Å²) in [6.07, 6.45) is -1.72. The van der Waals surface area contributed by atoms with Crippen LogP contribution in [0.3, 0.4) is 0 Å². The van der Waals surface area contributed by atoms with Crippen LogP contribution in [-0.2, 0) is 101 Å². The van der Waals surface area contributed by atoms with Gasteiger partial charge in [-0.25, -0.2) is 31.2 Å². The number of nitrogens with two attached hydrogens (primary N) is 1. The van der Waals surface area contributed by atoms with E-state index in [2.05, 4.69) is 78.9 Å². The SMILES string of the molecule is C=CCNC(=O)C(=O)C(CC1CC1)NC(=O)[C@@H]1[C@@H]2[C@H](CN1C(=O)[C@@H](NC(=O)N[C@H](CN1Cc3ccccc3S1(=O)=O)C(C)(C)C)C(C)(C)C)C2(C)C.CCCCC(NC(=O)[C@@H]1[C@@H]2[C@H](CN1C(=O)[C@@H](NC(=O)N[C@H](CN1Cc3sccc3S1(=O)=O)C(C)(C)C)C(C)(C)C)C2(C)C)C(=O)C(N)=O.CNC(=O)C(=O)C(CCC(F)(F)F)NC(=O)[C@@H]1[C@@H]2[C@H](CN1C(=O)[C@@H](NC(=O)N[C@H](CN1CCN(C)S1(=O)=O)C(C)(C)C)C(C)(C)C)C2(C)C. The van der Waals surface area contributed by atoms with Gasteiger partial charge >= 0.3 is 24.3 Å². The molecule has 8 fully saturated rings. The highest BCUT2D eigenvalue weighted by Gasteiger charge is 2.73. The summed E-state index contributed by atoms with van der Waals surface area (Å²) < 4.78 is 123. The van der Waals surface area contributed by atoms with Crippen LogP contribution in [0.15, 0.2) is 58.2 Å². The van der Waals surface area contributed by atoms with Gasteiger partial charge < -0.3 is 78.9 Å². The Kier molecular flexibility index (Phi) is 36.3. The Morgan fingerprint density at radius 1 is 0.483 bits per heavy atom. The molecule has 3 unspecified atom stereocenters. The number of carbonyl (C=O) groups excluding carboxylic acids is 15. The first-order chi connectivity index (χ1) is 68.2. The molecule has 0 spiro atoms. The number of hydrogen-bond acceptors (Lipinski definition) is 22. The average molecular weight is 2170 g/mol. The molecule has 15 amide bonds. The van der Waals surface area contributed by atoms with Gasteiger partial charge in [-0.15, -0.1) is 17.9 Å². The zero-order valence-electron chi connectivity index (χ0n) is 91.2. The lowest BCUT2D eigenvalue weighted by Crippen LogP contribution is -2.62. The van der Waals surface area contributed by atoms with Crippen molar-refractivity contribution in [2.75, 3.05) is 73.0 Å². The fourth-order valence-electron chi connectivity index (χ4n) is 21.5. The monoisotopic (exact) mass is 2170 g/mol. The molecule has 7 heterocycles. The number of Topliss-reactive ketones (excluding diaryl/α,β-unsaturated/α-hetero) is 3. The molecule has 4 aliphatic carbocycles. The molecule has 6 aliphatic heterocycles. The molecule has 4 saturated heterocycles. The predicted octanol–water partition coefficient (Wildman–Crippen LogP) is 6.78. The zero-order valence-corrected chi connectivity index (χ0v) is 94.5. The van der Waals surface area contributed by atoms with Gasteiger partial charge in [-0.1, -0.05) is 223 Å². The summed E-state index contributed by atoms with van der Waals surface area (Å²) in [6, 6.07) is -5.54. The summed E-state index contributed by atoms with van der Waals surface area (Å²) in [4.78, 5) is 206. The van der Waals surface area contributed by atoms with Gasteiger partial charge in [0, 0.05) is 116 Å². The number of fused-ring (bicyclic) bond motifs is 5. The van der Waals surface area contributed by atoms with Crippen LogP contribution in [-0.4, -0.2) is 297 Å². The van der Waals surface area contributed by atoms with Crippen molar-refractivity contribution < 1.29 is 110 Å². The number of ketones is 3. The molecule has 0 radical (unpaired) electrons. The number of likely N-dealkylation sites (tertiary alicyclic amines) is 3. The molecule has 2 aromatic rings. The van der Waals surface area contributed by atoms with E-state index in [0.717, 1.165) is 31.2 Å². The molecule has 1 aromatic carbocycles. The van der Waals surface area contributed by atoms with Crippen LogP contribution in [0, 0.1) is 90.2 Å². The number of amides is 15. The number of urea groups is 3. The second-order valence-corrected chi connectivity index (χ2v) is 56.8. The standard InChI is InChI=1S/C38H56N6O7S.C33H52N6O7S2.C31H52F3N7O7S/c1-10-17-39-33(47)30(45)25(18-22-15-16-22)40-32(46)29-28-24(38(28,8)9)20-44(29)34(48)31(37(5,6)7)42-35(49)41-27(36(2,3)4)21-43-19-23-13-11-12-14-26(23)52(43,50)51;1-10-11-12-19(25(40)27(34)41)35-28(42)24-23-18(33(23,8)9)15-39(24)29(43)26(32(5,6)7)37-30(44)36-22(31(2,3)4)17-38-16-20-21(13-14-47-20)48(38,45)46;1-28(2,3)19(16-40-14-13-39(10)49(40,47)48)37-27(46)38-23(29(4,5)6)26(45)41-15-17-20(30(17,7)8)21(41)24(43)36-18(11-12-31(32,33)34)22(42)25(44)35-9/h10-14,22,24-25,27-29,31H,1,15-21H2,2-9H3,(H,39,47)(H,40,46)(H2,41,42,49);13-14,18-19,22-24,26H,10-12,15-17H2,1-9H3,(H2,34,41)(H,35,42)(H2,36,37,44);17-21,23H,11-16H2,1-10H3,(H,35,44)(H,36,43)(H2,37,38,46)/t24-,25?,27+,28-,29-,31+;18-,19?,22+,23-,24-,26+;17-,18?,19+,20-,21-,23+/m000/s1. The van der Waals surface area contributed by atoms with Crippen LogP contribution in [0.1, 0.15) is 235 Å². The maximum Gasteiger partial charge on any atom is 0.389 e. The third-order valence-corrected chi connectivity index (χ3v) is 38.5. The van der Waals surface area contributed by atoms with E-state index in [1.807, 2.05) is 138 Å². The summed E-state index contributed by atoms with van der Waals surface area (Å²) in [6.45, 7) is 52.4. The molecule has 47 heteroatoms. The molecule has 18 atom stereocenters. The Labute approximate surface area is 879 Å². The molecular weight excluding hydrogens is 2010 g/mol. The molecule has 10 aliphatic rings. The maximum atomic E-state index is 14.5. The minimum absolute atomic E-state index is 0.00514. The van der Waals surface area contributed by atoms with Crippen LogP contribution in [0.25, 0.3) is 0 Å². The number of nitrogens with one attached hydrogen (secondary N) is 11. The number of unbranched alkanes of at least 4 members (excludes halogenated alkanes) is 1. The van der Waals surface area contributed by atoms with Gasteiger partial charge in [0.05, 0.1) is 27.9 Å². The van der Waals surface area contributed by atoms with Crippen molar-refractivity contribution in [3.63, 3.8) is 0 Å². The van der Waals surface area contributed by atoms with Gasteiger partial charge in [-0.3, -0.25) is 57.5 Å². The minimum Gasteiger partial charge on any atom is -0.363 e. The van der Waals surface area contributed by atoms with Gasteiger partial charge in [-0.05, 0) is 132 Å². The summed E-state index contributed by atoms with van der Waals surface area (Å²) in [5.41, 5.74) is 1.04. The lowest BCUT2D eigenvalue weighted by atomic mass is 9.85. The highest BCUT2D eigenvalue weighted by atomic mass is 32.2. The van der Waals surface area contributed by atoms with Crippen LogP contribution in [0.2, 0.25) is 0 Å². The van der Waals surface area contributed by atoms with E-state index in [4.69, 9.17) is 5.73 Å². The number of benzene rings is 1. The average Bonchev–Trinajstić information content (AvgIpc) is 1.53. The van der Waals surface area contributed by atoms with Crippen LogP contribution >= 0.6 is 11.3 Å². The lowest BCUT2D eigenvalue weighted by molar-refractivity contribution is -0.148. The number of likely N-dealkylation sites (N-methyl/N-ethyl adjacent to an activating group) is 2. The van der Waals surface area contributed by atoms with Crippen LogP contribution in [0.4, 0.5) is 27.6 Å². The van der Waals surface area contributed by atoms with E-state index in [-0.39, 0.29) is 116 Å². The fraction of sp³-hybridized carbons (Fsp3) is 0.735. The van der Waals surface area contributed by atoms with E-state index in [1.54, 1.807) is 56.5 Å². The van der Waals surface area contributed by atoms with Gasteiger partial charge in [0.15, 0.2) is 0 Å². The number of thiophene rings is 1. The number of piperidine rings is 3. The molecule has 834 valence electrons. The Morgan fingerprint density at radius 2 is 0.859 bits per heavy atom. The Morgan fingerprint density at radius 3 is 1.20 bits per heavy atom. The van der Waals surface area contributed by atoms with Gasteiger partial charge in [0.25, 0.3) is 27.9 Å². The van der Waals surface area contributed by atoms with Crippen molar-refractivity contribution in [3.8, 4) is 0 Å². The van der Waals surface area contributed by atoms with Crippen LogP contribution in [0.5, 0.6) is 0 Å². The van der Waals surface area contributed by atoms with Crippen molar-refractivity contribution in [2.24, 2.45) is 95.9 Å². The minimum atomic E-state index is -4.65. The largest absolute Gasteiger partial charge is 0.389 e. The molecule has 149 heavy (non-hydrogen) atoms. The first-order valence-electron chi connectivity index (χ1n) is 51.2. The number of carbonyl (C=O) groups is 15. The van der Waals surface area contributed by atoms with Gasteiger partial charge in [0.1, 0.15) is 36.3 Å². The number of halogens is 3. The second kappa shape index (κ2) is 44.7. The molecule has 0 bridgehead atoms. The zero-order chi connectivity index (χ0) is 112. The number of primary amides is 1. The van der Waals surface area contributed by atoms with E-state index in [9.17, 15) is 110 Å². The molecule has 40 nitrogen and oxygen atoms in total. The van der Waals surface area contributed by atoms with Crippen molar-refractivity contribution in [1.29, 1.82) is 0 Å². The van der Waals surface area contributed by atoms with Crippen LogP contribution < -0.4 is 64.2 Å². The Balaban J connectivity index is 0.000000229. The van der Waals surface area contributed by atoms with Crippen molar-refractivity contribution in [1.82, 2.24) is 90.4 Å². The predicted molar refractivity (Wildman–Crippen MR) is 552 cm³/mol. The number of sulfonamides is 2. The van der Waals surface area contributed by atoms with Crippen molar-refractivity contribution in [2.45, 2.75) is 326 Å². The van der Waals surface area contributed by atoms with E-state index < -0.39 is 248 Å². The summed E-state index contributed by atoms with van der Waals surface area (Å²) in [7, 11) is -8.50. The third kappa shape index (κ3) is 27.5. The van der Waals surface area contributed by atoms with E-state index in [0.29, 0.717) is 42.9 Å². The van der Waals surface area contributed by atoms with Gasteiger partial charge in [-0.2, -0.15) is 38.8 Å². The molecule has 13 N–H and O–H groups in total. The Hall–Kier alpha value is -9.81. The Bertz CT molecular complexity index is 5810. The third-order valence-electron chi connectivity index (χ3n) is 31.7. The van der Waals surface area contributed by atoms with E-state index in [1.165, 1.54) is 56.4 Å². The number of rotatable bonds is 36. The molecular formula is C102H160F3N19O21S4. The summed E-state index contributed by atoms with van der Waals surface area (Å²) in [5, 5.41) is 31.4. The highest BCUT2D eigenvalue weighted by molar-refractivity contribution is 7.90. The number of hydrogen-bond donors (Lipinski definition) is 12. The van der Waals surface area contributed by atoms with E-state index >= 15 is 0 Å². The lowest BCUT2D eigenvalue weighted by Gasteiger charge is -2.39. The fourth-order valence-corrected chi connectivity index (χ4v) is 27.4. The molecule has 4 saturated carbocycles. The van der Waals surface area contributed by atoms with Crippen molar-refractivity contribution in [3.05, 3.63) is 58.8 Å². The quantitative estimate of drug-likeness (QED) is 0.0247. The topological polar surface area (TPSA) is 539 Å².